The molecule has 0 saturated carbocycles. The molecule has 0 spiro atoms. The number of hydroxylamine groups is 2. The van der Waals surface area contributed by atoms with E-state index in [1.807, 2.05) is 0 Å². The van der Waals surface area contributed by atoms with Crippen molar-refractivity contribution in [3.05, 3.63) is 68.8 Å². The van der Waals surface area contributed by atoms with Crippen molar-refractivity contribution in [1.82, 2.24) is 5.06 Å². The summed E-state index contributed by atoms with van der Waals surface area (Å²) in [4.78, 5) is 62.5. The summed E-state index contributed by atoms with van der Waals surface area (Å²) in [7, 11) is 0. The second kappa shape index (κ2) is 10.0. The van der Waals surface area contributed by atoms with Crippen molar-refractivity contribution in [2.75, 3.05) is 0 Å². The van der Waals surface area contributed by atoms with Crippen LogP contribution in [-0.2, 0) is 25.8 Å². The minimum atomic E-state index is -0.830. The van der Waals surface area contributed by atoms with Crippen molar-refractivity contribution in [2.24, 2.45) is 0 Å². The summed E-state index contributed by atoms with van der Waals surface area (Å²) in [5.41, 5.74) is 2.59. The van der Waals surface area contributed by atoms with Crippen LogP contribution < -0.4 is 4.74 Å². The van der Waals surface area contributed by atoms with E-state index < -0.39 is 22.7 Å². The highest BCUT2D eigenvalue weighted by Gasteiger charge is 2.32. The van der Waals surface area contributed by atoms with Gasteiger partial charge in [0.05, 0.1) is 11.3 Å². The Bertz CT molecular complexity index is 1080. The van der Waals surface area contributed by atoms with Crippen LogP contribution in [0.2, 0.25) is 0 Å². The highest BCUT2D eigenvalue weighted by molar-refractivity contribution is 6.02. The summed E-state index contributed by atoms with van der Waals surface area (Å²) >= 11 is 0. The van der Waals surface area contributed by atoms with Gasteiger partial charge in [0.15, 0.2) is 5.78 Å². The van der Waals surface area contributed by atoms with E-state index in [0.717, 1.165) is 16.7 Å². The Labute approximate surface area is 189 Å². The van der Waals surface area contributed by atoms with Crippen molar-refractivity contribution in [2.45, 2.75) is 46.1 Å². The number of amides is 2. The summed E-state index contributed by atoms with van der Waals surface area (Å²) in [6, 6.07) is 9.34. The number of ether oxygens (including phenoxy) is 1. The van der Waals surface area contributed by atoms with Gasteiger partial charge in [0.25, 0.3) is 17.5 Å². The maximum atomic E-state index is 12.5. The molecule has 2 aromatic rings. The normalized spacial score (nSPS) is 13.2. The summed E-state index contributed by atoms with van der Waals surface area (Å²) in [6.45, 7) is 3.77. The number of benzene rings is 2. The summed E-state index contributed by atoms with van der Waals surface area (Å²) in [6.07, 6.45) is -0.409. The lowest BCUT2D eigenvalue weighted by Crippen LogP contribution is -2.32. The van der Waals surface area contributed by atoms with Crippen molar-refractivity contribution in [3.63, 3.8) is 0 Å². The van der Waals surface area contributed by atoms with Gasteiger partial charge in [-0.3, -0.25) is 24.5 Å². The lowest BCUT2D eigenvalue weighted by Gasteiger charge is -2.14. The van der Waals surface area contributed by atoms with Gasteiger partial charge in [-0.15, -0.1) is 5.06 Å². The number of aryl methyl sites for hydroxylation is 2. The molecule has 0 bridgehead atoms. The maximum absolute atomic E-state index is 12.5. The number of Topliss-reactive ketones (excluding diaryl/α,β-unsaturated/α-hetero) is 1. The molecule has 1 saturated heterocycles. The second-order valence-corrected chi connectivity index (χ2v) is 7.62. The van der Waals surface area contributed by atoms with Gasteiger partial charge >= 0.3 is 5.97 Å². The van der Waals surface area contributed by atoms with E-state index in [0.29, 0.717) is 16.4 Å². The van der Waals surface area contributed by atoms with Crippen LogP contribution in [0.25, 0.3) is 0 Å². The number of hydrogen-bond acceptors (Lipinski definition) is 8. The highest BCUT2D eigenvalue weighted by Crippen LogP contribution is 2.27. The molecule has 10 nitrogen and oxygen atoms in total. The number of rotatable bonds is 9. The number of non-ortho nitro benzene ring substituents is 1. The molecule has 0 radical (unpaired) electrons. The minimum Gasteiger partial charge on any atom is -0.488 e. The fraction of sp³-hybridized carbons (Fsp3) is 0.304. The number of nitro groups is 1. The first-order chi connectivity index (χ1) is 15.7. The molecule has 0 unspecified atom stereocenters. The Morgan fingerprint density at radius 1 is 1.00 bits per heavy atom. The highest BCUT2D eigenvalue weighted by atomic mass is 16.7. The molecule has 1 fully saturated rings. The number of imide groups is 1. The first-order valence-electron chi connectivity index (χ1n) is 10.2. The van der Waals surface area contributed by atoms with Gasteiger partial charge in [-0.1, -0.05) is 0 Å². The molecule has 10 heteroatoms. The first kappa shape index (κ1) is 23.6. The second-order valence-electron chi connectivity index (χ2n) is 7.62. The predicted octanol–water partition coefficient (Wildman–Crippen LogP) is 3.36. The lowest BCUT2D eigenvalue weighted by atomic mass is 10.0. The Hall–Kier alpha value is -4.08. The third-order valence-electron chi connectivity index (χ3n) is 5.07. The van der Waals surface area contributed by atoms with Gasteiger partial charge < -0.3 is 9.57 Å². The average molecular weight is 454 g/mol. The van der Waals surface area contributed by atoms with Crippen molar-refractivity contribution < 1.29 is 33.7 Å². The third-order valence-corrected chi connectivity index (χ3v) is 5.07. The summed E-state index contributed by atoms with van der Waals surface area (Å²) in [5.74, 6) is -1.68. The van der Waals surface area contributed by atoms with Crippen LogP contribution in [0, 0.1) is 24.0 Å². The lowest BCUT2D eigenvalue weighted by molar-refractivity contribution is -0.384. The Morgan fingerprint density at radius 2 is 1.58 bits per heavy atom. The maximum Gasteiger partial charge on any atom is 0.333 e. The molecular weight excluding hydrogens is 432 g/mol. The van der Waals surface area contributed by atoms with Gasteiger partial charge in [0.2, 0.25) is 0 Å². The van der Waals surface area contributed by atoms with E-state index in [1.54, 1.807) is 38.1 Å². The Morgan fingerprint density at radius 3 is 2.12 bits per heavy atom. The van der Waals surface area contributed by atoms with Crippen LogP contribution in [0.3, 0.4) is 0 Å². The van der Waals surface area contributed by atoms with E-state index in [-0.39, 0.29) is 43.8 Å². The van der Waals surface area contributed by atoms with Crippen LogP contribution in [-0.4, -0.2) is 33.6 Å². The van der Waals surface area contributed by atoms with Crippen LogP contribution in [0.5, 0.6) is 5.75 Å². The van der Waals surface area contributed by atoms with Gasteiger partial charge in [-0.25, -0.2) is 4.79 Å². The van der Waals surface area contributed by atoms with Gasteiger partial charge in [-0.2, -0.15) is 0 Å². The summed E-state index contributed by atoms with van der Waals surface area (Å²) < 4.78 is 5.86. The Balaban J connectivity index is 1.57. The molecule has 33 heavy (non-hydrogen) atoms. The average Bonchev–Trinajstić information content (AvgIpc) is 3.09. The van der Waals surface area contributed by atoms with E-state index in [1.165, 1.54) is 12.1 Å². The van der Waals surface area contributed by atoms with Crippen molar-refractivity contribution in [1.29, 1.82) is 0 Å². The monoisotopic (exact) mass is 454 g/mol. The molecule has 2 aromatic carbocycles. The number of carbonyl (C=O) groups excluding carboxylic acids is 4. The molecule has 2 amide bonds. The zero-order chi connectivity index (χ0) is 24.1. The number of carbonyl (C=O) groups is 4. The molecule has 1 heterocycles. The van der Waals surface area contributed by atoms with Gasteiger partial charge in [0, 0.05) is 37.0 Å². The smallest absolute Gasteiger partial charge is 0.333 e. The largest absolute Gasteiger partial charge is 0.488 e. The molecule has 0 N–H and O–H groups in total. The fourth-order valence-corrected chi connectivity index (χ4v) is 3.37. The molecule has 172 valence electrons. The zero-order valence-corrected chi connectivity index (χ0v) is 18.2. The molecule has 0 aromatic heterocycles. The van der Waals surface area contributed by atoms with Crippen molar-refractivity contribution >= 4 is 29.3 Å². The van der Waals surface area contributed by atoms with Crippen LogP contribution >= 0.6 is 0 Å². The molecular formula is C23H22N2O8. The molecule has 0 atom stereocenters. The van der Waals surface area contributed by atoms with E-state index in [9.17, 15) is 29.3 Å². The quantitative estimate of drug-likeness (QED) is 0.244. The standard InChI is InChI=1S/C23H22N2O8/c1-14-11-17(19(26)7-10-22(29)33-24-20(27)8-9-21(24)28)12-15(2)23(14)32-13-16-3-5-18(6-4-16)25(30)31/h3-6,11-12H,7-10,13H2,1-2H3. The first-order valence-corrected chi connectivity index (χ1v) is 10.2. The number of ketones is 1. The van der Waals surface area contributed by atoms with E-state index >= 15 is 0 Å². The van der Waals surface area contributed by atoms with Gasteiger partial charge in [-0.05, 0) is 54.8 Å². The van der Waals surface area contributed by atoms with E-state index in [2.05, 4.69) is 0 Å². The topological polar surface area (TPSA) is 133 Å². The molecule has 1 aliphatic heterocycles. The summed E-state index contributed by atoms with van der Waals surface area (Å²) in [5, 5.41) is 11.2. The molecule has 0 aliphatic carbocycles. The van der Waals surface area contributed by atoms with Crippen LogP contribution in [0.15, 0.2) is 36.4 Å². The molecule has 1 aliphatic rings. The van der Waals surface area contributed by atoms with Crippen LogP contribution in [0.1, 0.15) is 52.7 Å². The number of hydrogen-bond donors (Lipinski definition) is 0. The minimum absolute atomic E-state index is 0.00219. The zero-order valence-electron chi connectivity index (χ0n) is 18.2. The van der Waals surface area contributed by atoms with Crippen LogP contribution in [0.4, 0.5) is 5.69 Å². The van der Waals surface area contributed by atoms with Gasteiger partial charge in [0.1, 0.15) is 12.4 Å². The number of nitrogens with zero attached hydrogens (tertiary/aromatic N) is 2. The third kappa shape index (κ3) is 5.79. The van der Waals surface area contributed by atoms with Crippen molar-refractivity contribution in [3.8, 4) is 5.75 Å². The number of nitro benzene ring substituents is 1. The predicted molar refractivity (Wildman–Crippen MR) is 114 cm³/mol. The molecule has 3 rings (SSSR count). The Kier molecular flexibility index (Phi) is 7.17. The SMILES string of the molecule is Cc1cc(C(=O)CCC(=O)ON2C(=O)CCC2=O)cc(C)c1OCc1ccc([N+](=O)[O-])cc1. The van der Waals surface area contributed by atoms with E-state index in [4.69, 9.17) is 9.57 Å². The fourth-order valence-electron chi connectivity index (χ4n) is 3.37.